The lowest BCUT2D eigenvalue weighted by Crippen LogP contribution is -2.42. The molecule has 17 heavy (non-hydrogen) atoms. The van der Waals surface area contributed by atoms with Crippen molar-refractivity contribution < 1.29 is 4.79 Å². The van der Waals surface area contributed by atoms with E-state index in [4.69, 9.17) is 0 Å². The molecule has 2 heteroatoms. The maximum atomic E-state index is 11.9. The molecule has 0 aliphatic rings. The van der Waals surface area contributed by atoms with Crippen LogP contribution in [0.1, 0.15) is 54.4 Å². The summed E-state index contributed by atoms with van der Waals surface area (Å²) in [6.45, 7) is 16.1. The van der Waals surface area contributed by atoms with Gasteiger partial charge < -0.3 is 5.32 Å². The fourth-order valence-corrected chi connectivity index (χ4v) is 1.44. The van der Waals surface area contributed by atoms with E-state index in [2.05, 4.69) is 38.7 Å². The zero-order valence-electron chi connectivity index (χ0n) is 12.2. The lowest BCUT2D eigenvalue weighted by atomic mass is 9.95. The van der Waals surface area contributed by atoms with Crippen molar-refractivity contribution in [1.29, 1.82) is 0 Å². The highest BCUT2D eigenvalue weighted by molar-refractivity contribution is 5.93. The van der Waals surface area contributed by atoms with E-state index in [9.17, 15) is 4.79 Å². The van der Waals surface area contributed by atoms with Gasteiger partial charge in [-0.1, -0.05) is 25.2 Å². The number of rotatable bonds is 5. The van der Waals surface area contributed by atoms with Gasteiger partial charge in [-0.2, -0.15) is 0 Å². The largest absolute Gasteiger partial charge is 0.348 e. The van der Waals surface area contributed by atoms with Crippen molar-refractivity contribution in [1.82, 2.24) is 5.32 Å². The van der Waals surface area contributed by atoms with Gasteiger partial charge in [-0.3, -0.25) is 4.79 Å². The number of amides is 1. The summed E-state index contributed by atoms with van der Waals surface area (Å²) in [5.41, 5.74) is 1.81. The van der Waals surface area contributed by atoms with E-state index in [1.165, 1.54) is 5.57 Å². The topological polar surface area (TPSA) is 29.1 Å². The number of hydrogen-bond donors (Lipinski definition) is 1. The highest BCUT2D eigenvalue weighted by atomic mass is 16.1. The smallest absolute Gasteiger partial charge is 0.247 e. The lowest BCUT2D eigenvalue weighted by Gasteiger charge is -2.23. The minimum atomic E-state index is -0.195. The van der Waals surface area contributed by atoms with Gasteiger partial charge in [0.25, 0.3) is 0 Å². The summed E-state index contributed by atoms with van der Waals surface area (Å²) in [7, 11) is 0. The molecule has 0 aromatic rings. The summed E-state index contributed by atoms with van der Waals surface area (Å²) >= 11 is 0. The van der Waals surface area contributed by atoms with Crippen LogP contribution in [0.15, 0.2) is 23.8 Å². The van der Waals surface area contributed by atoms with Crippen LogP contribution >= 0.6 is 0 Å². The van der Waals surface area contributed by atoms with Crippen LogP contribution < -0.4 is 5.32 Å². The predicted molar refractivity (Wildman–Crippen MR) is 74.9 cm³/mol. The molecule has 1 atom stereocenters. The SMILES string of the molecule is C=C(C(=O)NC(C)(C)C)[C@H](C)CCC=C(C)C. The zero-order valence-corrected chi connectivity index (χ0v) is 12.2. The molecule has 2 nitrogen and oxygen atoms in total. The van der Waals surface area contributed by atoms with Crippen molar-refractivity contribution in [2.24, 2.45) is 5.92 Å². The fourth-order valence-electron chi connectivity index (χ4n) is 1.44. The highest BCUT2D eigenvalue weighted by Gasteiger charge is 2.19. The van der Waals surface area contributed by atoms with Crippen LogP contribution in [0.25, 0.3) is 0 Å². The van der Waals surface area contributed by atoms with Crippen LogP contribution in [0.3, 0.4) is 0 Å². The van der Waals surface area contributed by atoms with Crippen LogP contribution in [-0.4, -0.2) is 11.4 Å². The third kappa shape index (κ3) is 7.78. The molecular weight excluding hydrogens is 210 g/mol. The molecule has 0 radical (unpaired) electrons. The Bertz CT molecular complexity index is 303. The molecule has 0 aromatic carbocycles. The number of carbonyl (C=O) groups excluding carboxylic acids is 1. The zero-order chi connectivity index (χ0) is 13.6. The van der Waals surface area contributed by atoms with Crippen LogP contribution in [0.2, 0.25) is 0 Å². The standard InChI is InChI=1S/C15H27NO/c1-11(2)9-8-10-12(3)13(4)14(17)16-15(5,6)7/h9,12H,4,8,10H2,1-3,5-7H3,(H,16,17)/t12-/m1/s1. The summed E-state index contributed by atoms with van der Waals surface area (Å²) in [5, 5.41) is 2.95. The predicted octanol–water partition coefficient (Wildman–Crippen LogP) is 3.84. The van der Waals surface area contributed by atoms with Crippen LogP contribution in [-0.2, 0) is 4.79 Å². The van der Waals surface area contributed by atoms with E-state index in [1.807, 2.05) is 20.8 Å². The molecule has 1 N–H and O–H groups in total. The molecular formula is C15H27NO. The average Bonchev–Trinajstić information content (AvgIpc) is 2.13. The van der Waals surface area contributed by atoms with Gasteiger partial charge in [-0.05, 0) is 53.4 Å². The molecule has 98 valence electrons. The Kier molecular flexibility index (Phi) is 6.22. The summed E-state index contributed by atoms with van der Waals surface area (Å²) in [6, 6.07) is 0. The third-order valence-corrected chi connectivity index (χ3v) is 2.53. The monoisotopic (exact) mass is 237 g/mol. The average molecular weight is 237 g/mol. The first-order valence-corrected chi connectivity index (χ1v) is 6.28. The maximum Gasteiger partial charge on any atom is 0.247 e. The van der Waals surface area contributed by atoms with E-state index < -0.39 is 0 Å². The molecule has 0 aliphatic carbocycles. The van der Waals surface area contributed by atoms with Crippen LogP contribution in [0.5, 0.6) is 0 Å². The fraction of sp³-hybridized carbons (Fsp3) is 0.667. The second-order valence-electron chi connectivity index (χ2n) is 5.99. The van der Waals surface area contributed by atoms with Gasteiger partial charge in [0.15, 0.2) is 0 Å². The first-order valence-electron chi connectivity index (χ1n) is 6.28. The first kappa shape index (κ1) is 16.0. The summed E-state index contributed by atoms with van der Waals surface area (Å²) in [4.78, 5) is 11.9. The van der Waals surface area contributed by atoms with E-state index in [-0.39, 0.29) is 17.4 Å². The number of allylic oxidation sites excluding steroid dienone is 2. The van der Waals surface area contributed by atoms with E-state index >= 15 is 0 Å². The van der Waals surface area contributed by atoms with Crippen molar-refractivity contribution in [2.45, 2.75) is 59.9 Å². The van der Waals surface area contributed by atoms with Gasteiger partial charge >= 0.3 is 0 Å². The van der Waals surface area contributed by atoms with Gasteiger partial charge in [-0.15, -0.1) is 0 Å². The van der Waals surface area contributed by atoms with Crippen molar-refractivity contribution in [3.63, 3.8) is 0 Å². The highest BCUT2D eigenvalue weighted by Crippen LogP contribution is 2.17. The molecule has 0 saturated carbocycles. The molecule has 0 rings (SSSR count). The Morgan fingerprint density at radius 1 is 1.35 bits per heavy atom. The van der Waals surface area contributed by atoms with Gasteiger partial charge in [0, 0.05) is 11.1 Å². The molecule has 0 bridgehead atoms. The van der Waals surface area contributed by atoms with Gasteiger partial charge in [0.2, 0.25) is 5.91 Å². The minimum Gasteiger partial charge on any atom is -0.348 e. The normalized spacial score (nSPS) is 12.8. The van der Waals surface area contributed by atoms with Gasteiger partial charge in [0.1, 0.15) is 0 Å². The second-order valence-corrected chi connectivity index (χ2v) is 5.99. The summed E-state index contributed by atoms with van der Waals surface area (Å²) < 4.78 is 0. The molecule has 1 amide bonds. The molecule has 0 fully saturated rings. The molecule has 0 heterocycles. The van der Waals surface area contributed by atoms with E-state index in [1.54, 1.807) is 0 Å². The molecule has 0 aliphatic heterocycles. The Morgan fingerprint density at radius 3 is 2.29 bits per heavy atom. The van der Waals surface area contributed by atoms with Crippen molar-refractivity contribution in [2.75, 3.05) is 0 Å². The van der Waals surface area contributed by atoms with Gasteiger partial charge in [-0.25, -0.2) is 0 Å². The molecule has 0 spiro atoms. The van der Waals surface area contributed by atoms with E-state index in [0.717, 1.165) is 12.8 Å². The van der Waals surface area contributed by atoms with Crippen LogP contribution in [0.4, 0.5) is 0 Å². The third-order valence-electron chi connectivity index (χ3n) is 2.53. The number of carbonyl (C=O) groups is 1. The molecule has 0 aromatic heterocycles. The maximum absolute atomic E-state index is 11.9. The summed E-state index contributed by atoms with van der Waals surface area (Å²) in [6.07, 6.45) is 4.18. The Labute approximate surface area is 106 Å². The Morgan fingerprint density at radius 2 is 1.88 bits per heavy atom. The Hall–Kier alpha value is -1.05. The van der Waals surface area contributed by atoms with Crippen molar-refractivity contribution in [3.05, 3.63) is 23.8 Å². The van der Waals surface area contributed by atoms with Crippen molar-refractivity contribution >= 4 is 5.91 Å². The quantitative estimate of drug-likeness (QED) is 0.571. The van der Waals surface area contributed by atoms with Crippen LogP contribution in [0, 0.1) is 5.92 Å². The minimum absolute atomic E-state index is 0.0257. The molecule has 0 unspecified atom stereocenters. The number of hydrogen-bond acceptors (Lipinski definition) is 1. The number of nitrogens with one attached hydrogen (secondary N) is 1. The van der Waals surface area contributed by atoms with Crippen molar-refractivity contribution in [3.8, 4) is 0 Å². The Balaban J connectivity index is 4.22. The first-order chi connectivity index (χ1) is 7.63. The second kappa shape index (κ2) is 6.63. The molecule has 0 saturated heterocycles. The van der Waals surface area contributed by atoms with E-state index in [0.29, 0.717) is 5.57 Å². The van der Waals surface area contributed by atoms with Gasteiger partial charge in [0.05, 0.1) is 0 Å². The lowest BCUT2D eigenvalue weighted by molar-refractivity contribution is -0.119. The summed E-state index contributed by atoms with van der Waals surface area (Å²) in [5.74, 6) is 0.204.